The Kier molecular flexibility index (Phi) is 8.07. The van der Waals surface area contributed by atoms with Crippen molar-refractivity contribution in [1.29, 1.82) is 0 Å². The second-order valence-corrected chi connectivity index (χ2v) is 5.38. The Labute approximate surface area is 125 Å². The quantitative estimate of drug-likeness (QED) is 0.621. The fraction of sp³-hybridized carbons (Fsp3) is 0.857. The third kappa shape index (κ3) is 6.31. The van der Waals surface area contributed by atoms with Crippen molar-refractivity contribution >= 4 is 12.0 Å². The highest BCUT2D eigenvalue weighted by atomic mass is 16.5. The lowest BCUT2D eigenvalue weighted by atomic mass is 9.84. The van der Waals surface area contributed by atoms with Crippen LogP contribution in [0.25, 0.3) is 0 Å². The summed E-state index contributed by atoms with van der Waals surface area (Å²) in [6.07, 6.45) is 4.64. The van der Waals surface area contributed by atoms with Gasteiger partial charge in [-0.2, -0.15) is 0 Å². The molecule has 7 heteroatoms. The number of hydrogen-bond donors (Lipinski definition) is 3. The zero-order chi connectivity index (χ0) is 15.7. The van der Waals surface area contributed by atoms with Gasteiger partial charge in [-0.3, -0.25) is 0 Å². The van der Waals surface area contributed by atoms with Gasteiger partial charge < -0.3 is 25.2 Å². The lowest BCUT2D eigenvalue weighted by Crippen LogP contribution is -2.51. The van der Waals surface area contributed by atoms with E-state index in [0.717, 1.165) is 32.1 Å². The van der Waals surface area contributed by atoms with Crippen LogP contribution in [0.1, 0.15) is 32.1 Å². The SMILES string of the molecule is COCC(CNC(=O)NC(C(=O)O)C1CCCCC1)OC. The Morgan fingerprint density at radius 3 is 2.43 bits per heavy atom. The summed E-state index contributed by atoms with van der Waals surface area (Å²) >= 11 is 0. The highest BCUT2D eigenvalue weighted by Crippen LogP contribution is 2.26. The smallest absolute Gasteiger partial charge is 0.326 e. The second kappa shape index (κ2) is 9.57. The molecule has 0 aliphatic heterocycles. The molecule has 1 rings (SSSR count). The maximum absolute atomic E-state index is 11.8. The van der Waals surface area contributed by atoms with E-state index in [2.05, 4.69) is 10.6 Å². The normalized spacial score (nSPS) is 18.8. The lowest BCUT2D eigenvalue weighted by Gasteiger charge is -2.28. The van der Waals surface area contributed by atoms with Crippen LogP contribution in [0.3, 0.4) is 0 Å². The average Bonchev–Trinajstić information content (AvgIpc) is 2.49. The van der Waals surface area contributed by atoms with Crippen LogP contribution in [-0.2, 0) is 14.3 Å². The number of carbonyl (C=O) groups excluding carboxylic acids is 1. The van der Waals surface area contributed by atoms with Gasteiger partial charge >= 0.3 is 12.0 Å². The van der Waals surface area contributed by atoms with Crippen molar-refractivity contribution in [3.05, 3.63) is 0 Å². The minimum absolute atomic E-state index is 0.0131. The van der Waals surface area contributed by atoms with Gasteiger partial charge in [0.25, 0.3) is 0 Å². The van der Waals surface area contributed by atoms with Gasteiger partial charge in [0, 0.05) is 20.8 Å². The second-order valence-electron chi connectivity index (χ2n) is 5.38. The van der Waals surface area contributed by atoms with Crippen LogP contribution in [0.2, 0.25) is 0 Å². The van der Waals surface area contributed by atoms with Gasteiger partial charge in [0.15, 0.2) is 0 Å². The van der Waals surface area contributed by atoms with Crippen LogP contribution in [0.15, 0.2) is 0 Å². The number of ether oxygens (including phenoxy) is 2. The monoisotopic (exact) mass is 302 g/mol. The van der Waals surface area contributed by atoms with Gasteiger partial charge in [-0.25, -0.2) is 9.59 Å². The van der Waals surface area contributed by atoms with Gasteiger partial charge in [0.1, 0.15) is 6.04 Å². The molecule has 2 unspecified atom stereocenters. The maximum Gasteiger partial charge on any atom is 0.326 e. The highest BCUT2D eigenvalue weighted by molar-refractivity contribution is 5.82. The number of carboxylic acid groups (broad SMARTS) is 1. The minimum Gasteiger partial charge on any atom is -0.480 e. The summed E-state index contributed by atoms with van der Waals surface area (Å²) in [7, 11) is 3.08. The molecule has 0 heterocycles. The van der Waals surface area contributed by atoms with Crippen molar-refractivity contribution in [2.75, 3.05) is 27.4 Å². The number of carbonyl (C=O) groups is 2. The standard InChI is InChI=1S/C14H26N2O5/c1-20-9-11(21-2)8-15-14(19)16-12(13(17)18)10-6-4-3-5-7-10/h10-12H,3-9H2,1-2H3,(H,17,18)(H2,15,16,19). The largest absolute Gasteiger partial charge is 0.480 e. The molecule has 2 amide bonds. The van der Waals surface area contributed by atoms with E-state index >= 15 is 0 Å². The van der Waals surface area contributed by atoms with E-state index in [1.165, 1.54) is 7.11 Å². The maximum atomic E-state index is 11.8. The van der Waals surface area contributed by atoms with Gasteiger partial charge in [0.2, 0.25) is 0 Å². The number of carboxylic acids is 1. The van der Waals surface area contributed by atoms with Gasteiger partial charge in [-0.1, -0.05) is 19.3 Å². The molecule has 0 aromatic heterocycles. The third-order valence-electron chi connectivity index (χ3n) is 3.85. The van der Waals surface area contributed by atoms with E-state index in [1.54, 1.807) is 7.11 Å². The summed E-state index contributed by atoms with van der Waals surface area (Å²) in [6.45, 7) is 0.634. The number of aliphatic carboxylic acids is 1. The predicted molar refractivity (Wildman–Crippen MR) is 77.2 cm³/mol. The predicted octanol–water partition coefficient (Wildman–Crippen LogP) is 0.981. The van der Waals surface area contributed by atoms with E-state index in [-0.39, 0.29) is 18.6 Å². The Bertz CT molecular complexity index is 331. The molecule has 0 spiro atoms. The van der Waals surface area contributed by atoms with E-state index in [1.807, 2.05) is 0 Å². The first-order valence-electron chi connectivity index (χ1n) is 7.37. The summed E-state index contributed by atoms with van der Waals surface area (Å²) < 4.78 is 10.1. The molecule has 1 aliphatic rings. The summed E-state index contributed by atoms with van der Waals surface area (Å²) in [5.74, 6) is -0.962. The topological polar surface area (TPSA) is 96.9 Å². The molecular formula is C14H26N2O5. The Morgan fingerprint density at radius 2 is 1.90 bits per heavy atom. The van der Waals surface area contributed by atoms with Crippen molar-refractivity contribution < 1.29 is 24.2 Å². The third-order valence-corrected chi connectivity index (χ3v) is 3.85. The van der Waals surface area contributed by atoms with Crippen LogP contribution < -0.4 is 10.6 Å². The van der Waals surface area contributed by atoms with Crippen LogP contribution in [-0.4, -0.2) is 56.6 Å². The first kappa shape index (κ1) is 17.7. The summed E-state index contributed by atoms with van der Waals surface area (Å²) in [5.41, 5.74) is 0. The molecule has 0 radical (unpaired) electrons. The van der Waals surface area contributed by atoms with Crippen molar-refractivity contribution in [2.45, 2.75) is 44.2 Å². The van der Waals surface area contributed by atoms with E-state index in [4.69, 9.17) is 9.47 Å². The molecule has 122 valence electrons. The average molecular weight is 302 g/mol. The Hall–Kier alpha value is -1.34. The molecule has 21 heavy (non-hydrogen) atoms. The molecule has 1 aliphatic carbocycles. The number of amides is 2. The van der Waals surface area contributed by atoms with Crippen molar-refractivity contribution in [1.82, 2.24) is 10.6 Å². The van der Waals surface area contributed by atoms with Crippen LogP contribution >= 0.6 is 0 Å². The van der Waals surface area contributed by atoms with Gasteiger partial charge in [0.05, 0.1) is 12.7 Å². The molecule has 1 fully saturated rings. The molecule has 0 aromatic rings. The Morgan fingerprint density at radius 1 is 1.24 bits per heavy atom. The van der Waals surface area contributed by atoms with Crippen LogP contribution in [0.5, 0.6) is 0 Å². The molecule has 7 nitrogen and oxygen atoms in total. The molecule has 3 N–H and O–H groups in total. The summed E-state index contributed by atoms with van der Waals surface area (Å²) in [5, 5.41) is 14.5. The number of urea groups is 1. The van der Waals surface area contributed by atoms with Gasteiger partial charge in [-0.15, -0.1) is 0 Å². The minimum atomic E-state index is -0.975. The molecule has 0 bridgehead atoms. The molecule has 0 aromatic carbocycles. The van der Waals surface area contributed by atoms with Crippen molar-refractivity contribution in [3.63, 3.8) is 0 Å². The van der Waals surface area contributed by atoms with Crippen LogP contribution in [0, 0.1) is 5.92 Å². The van der Waals surface area contributed by atoms with Crippen LogP contribution in [0.4, 0.5) is 4.79 Å². The van der Waals surface area contributed by atoms with E-state index in [9.17, 15) is 14.7 Å². The molecular weight excluding hydrogens is 276 g/mol. The number of rotatable bonds is 8. The van der Waals surface area contributed by atoms with Crippen molar-refractivity contribution in [2.24, 2.45) is 5.92 Å². The van der Waals surface area contributed by atoms with Crippen molar-refractivity contribution in [3.8, 4) is 0 Å². The van der Waals surface area contributed by atoms with E-state index < -0.39 is 18.0 Å². The zero-order valence-corrected chi connectivity index (χ0v) is 12.8. The number of nitrogens with one attached hydrogen (secondary N) is 2. The molecule has 2 atom stereocenters. The molecule has 0 saturated heterocycles. The zero-order valence-electron chi connectivity index (χ0n) is 12.8. The number of methoxy groups -OCH3 is 2. The lowest BCUT2D eigenvalue weighted by molar-refractivity contribution is -0.141. The summed E-state index contributed by atoms with van der Waals surface area (Å²) in [4.78, 5) is 23.2. The fourth-order valence-corrected chi connectivity index (χ4v) is 2.64. The highest BCUT2D eigenvalue weighted by Gasteiger charge is 2.30. The first-order valence-corrected chi connectivity index (χ1v) is 7.37. The first-order chi connectivity index (χ1) is 10.1. The number of hydrogen-bond acceptors (Lipinski definition) is 4. The molecule has 1 saturated carbocycles. The fourth-order valence-electron chi connectivity index (χ4n) is 2.64. The van der Waals surface area contributed by atoms with E-state index in [0.29, 0.717) is 6.61 Å². The van der Waals surface area contributed by atoms with Gasteiger partial charge in [-0.05, 0) is 18.8 Å². The summed E-state index contributed by atoms with van der Waals surface area (Å²) in [6, 6.07) is -1.31. The Balaban J connectivity index is 2.43.